The molecule has 1 atom stereocenters. The van der Waals surface area contributed by atoms with Gasteiger partial charge in [-0.25, -0.2) is 9.67 Å². The number of aromatic amines is 1. The van der Waals surface area contributed by atoms with Crippen molar-refractivity contribution in [1.82, 2.24) is 30.0 Å². The number of carbonyl (C=O) groups excluding carboxylic acids is 1. The van der Waals surface area contributed by atoms with E-state index in [0.29, 0.717) is 21.6 Å². The number of H-pyrrole nitrogens is 1. The molecule has 9 heteroatoms. The Balaban J connectivity index is 1.37. The van der Waals surface area contributed by atoms with Gasteiger partial charge in [0, 0.05) is 28.4 Å². The highest BCUT2D eigenvalue weighted by Gasteiger charge is 2.41. The first kappa shape index (κ1) is 31.2. The van der Waals surface area contributed by atoms with E-state index in [4.69, 9.17) is 21.7 Å². The molecule has 0 unspecified atom stereocenters. The predicted octanol–water partition coefficient (Wildman–Crippen LogP) is 7.93. The van der Waals surface area contributed by atoms with Crippen molar-refractivity contribution in [1.29, 1.82) is 0 Å². The quantitative estimate of drug-likeness (QED) is 0.135. The lowest BCUT2D eigenvalue weighted by Crippen LogP contribution is -2.38. The van der Waals surface area contributed by atoms with Crippen LogP contribution in [0.1, 0.15) is 38.9 Å². The standard InChI is InChI=1S/C41H31ClN6O2/c42-32-18-10-11-28(23-32)36(26-49)46-40(50)39-44-34-24-33-37(25-35(34)45-39)48(47-38(33)27-19-21-43-22-20-27)41(29-12-4-1-5-13-29,30-14-6-2-7-15-30)31-16-8-3-9-17-31/h1-25,36,49H,26H2,(H,44,45)(H,46,50)/t36-/m1/s1. The molecule has 0 aliphatic heterocycles. The molecule has 0 aliphatic carbocycles. The summed E-state index contributed by atoms with van der Waals surface area (Å²) in [5, 5.41) is 19.8. The maximum absolute atomic E-state index is 13.6. The highest BCUT2D eigenvalue weighted by Crippen LogP contribution is 2.44. The molecule has 8 aromatic rings. The van der Waals surface area contributed by atoms with E-state index in [0.717, 1.165) is 38.9 Å². The Hall–Kier alpha value is -6.09. The van der Waals surface area contributed by atoms with E-state index in [1.807, 2.05) is 84.9 Å². The first-order valence-corrected chi connectivity index (χ1v) is 16.6. The topological polar surface area (TPSA) is 109 Å². The number of hydrogen-bond donors (Lipinski definition) is 3. The molecule has 0 bridgehead atoms. The van der Waals surface area contributed by atoms with Gasteiger partial charge in [-0.3, -0.25) is 9.78 Å². The van der Waals surface area contributed by atoms with Crippen LogP contribution in [0.5, 0.6) is 0 Å². The van der Waals surface area contributed by atoms with Crippen LogP contribution in [0.15, 0.2) is 152 Å². The number of halogens is 1. The summed E-state index contributed by atoms with van der Waals surface area (Å²) in [6.07, 6.45) is 3.51. The van der Waals surface area contributed by atoms with E-state index in [-0.39, 0.29) is 12.4 Å². The molecule has 8 nitrogen and oxygen atoms in total. The van der Waals surface area contributed by atoms with Crippen molar-refractivity contribution in [2.24, 2.45) is 0 Å². The van der Waals surface area contributed by atoms with E-state index in [1.165, 1.54) is 0 Å². The molecular formula is C41H31ClN6O2. The molecule has 50 heavy (non-hydrogen) atoms. The lowest BCUT2D eigenvalue weighted by molar-refractivity contribution is 0.0907. The number of nitrogens with zero attached hydrogens (tertiary/aromatic N) is 4. The number of aliphatic hydroxyl groups is 1. The molecule has 0 saturated carbocycles. The highest BCUT2D eigenvalue weighted by atomic mass is 35.5. The summed E-state index contributed by atoms with van der Waals surface area (Å²) in [5.41, 5.74) is 6.66. The smallest absolute Gasteiger partial charge is 0.287 e. The van der Waals surface area contributed by atoms with Crippen molar-refractivity contribution in [2.75, 3.05) is 6.61 Å². The summed E-state index contributed by atoms with van der Waals surface area (Å²) < 4.78 is 2.10. The monoisotopic (exact) mass is 674 g/mol. The Kier molecular flexibility index (Phi) is 8.16. The van der Waals surface area contributed by atoms with Crippen LogP contribution < -0.4 is 5.32 Å². The summed E-state index contributed by atoms with van der Waals surface area (Å²) in [4.78, 5) is 25.8. The summed E-state index contributed by atoms with van der Waals surface area (Å²) in [6.45, 7) is -0.304. The Bertz CT molecular complexity index is 2330. The molecule has 0 aliphatic rings. The first-order valence-electron chi connectivity index (χ1n) is 16.2. The van der Waals surface area contributed by atoms with Gasteiger partial charge >= 0.3 is 0 Å². The molecule has 1 amide bonds. The maximum Gasteiger partial charge on any atom is 0.287 e. The Morgan fingerprint density at radius 2 is 1.42 bits per heavy atom. The van der Waals surface area contributed by atoms with Gasteiger partial charge in [0.1, 0.15) is 11.2 Å². The van der Waals surface area contributed by atoms with Crippen LogP contribution >= 0.6 is 11.6 Å². The van der Waals surface area contributed by atoms with Crippen LogP contribution in [0.25, 0.3) is 33.2 Å². The molecule has 3 N–H and O–H groups in total. The Labute approximate surface area is 293 Å². The van der Waals surface area contributed by atoms with Crippen LogP contribution in [0, 0.1) is 0 Å². The van der Waals surface area contributed by atoms with Gasteiger partial charge in [-0.2, -0.15) is 5.10 Å². The second kappa shape index (κ2) is 13.1. The van der Waals surface area contributed by atoms with Gasteiger partial charge < -0.3 is 15.4 Å². The molecule has 5 aromatic carbocycles. The molecule has 244 valence electrons. The minimum Gasteiger partial charge on any atom is -0.394 e. The molecule has 3 aromatic heterocycles. The van der Waals surface area contributed by atoms with Gasteiger partial charge in [-0.15, -0.1) is 0 Å². The summed E-state index contributed by atoms with van der Waals surface area (Å²) in [6, 6.07) is 45.4. The highest BCUT2D eigenvalue weighted by molar-refractivity contribution is 6.30. The van der Waals surface area contributed by atoms with Crippen molar-refractivity contribution >= 4 is 39.4 Å². The average molecular weight is 675 g/mol. The van der Waals surface area contributed by atoms with Crippen molar-refractivity contribution in [3.05, 3.63) is 185 Å². The van der Waals surface area contributed by atoms with Gasteiger partial charge in [0.2, 0.25) is 0 Å². The number of pyridine rings is 1. The molecular weight excluding hydrogens is 644 g/mol. The van der Waals surface area contributed by atoms with E-state index in [1.54, 1.807) is 30.6 Å². The second-order valence-electron chi connectivity index (χ2n) is 12.0. The summed E-state index contributed by atoms with van der Waals surface area (Å²) >= 11 is 6.19. The minimum absolute atomic E-state index is 0.124. The number of aliphatic hydroxyl groups excluding tert-OH is 1. The fourth-order valence-electron chi connectivity index (χ4n) is 6.79. The number of hydrogen-bond acceptors (Lipinski definition) is 5. The normalized spacial score (nSPS) is 12.3. The summed E-state index contributed by atoms with van der Waals surface area (Å²) in [5.74, 6) is -0.328. The molecule has 0 spiro atoms. The predicted molar refractivity (Wildman–Crippen MR) is 196 cm³/mol. The third-order valence-corrected chi connectivity index (χ3v) is 9.32. The van der Waals surface area contributed by atoms with Crippen molar-refractivity contribution in [3.8, 4) is 11.3 Å². The average Bonchev–Trinajstić information content (AvgIpc) is 3.76. The van der Waals surface area contributed by atoms with E-state index < -0.39 is 17.5 Å². The van der Waals surface area contributed by atoms with Gasteiger partial charge in [0.25, 0.3) is 5.91 Å². The SMILES string of the molecule is O=C(N[C@H](CO)c1cccc(Cl)c1)c1nc2cc3c(-c4ccncc4)nn(C(c4ccccc4)(c4ccccc4)c4ccccc4)c3cc2[nH]1. The number of nitrogens with one attached hydrogen (secondary N) is 2. The van der Waals surface area contributed by atoms with E-state index in [9.17, 15) is 9.90 Å². The van der Waals surface area contributed by atoms with Gasteiger partial charge in [0.15, 0.2) is 5.82 Å². The zero-order chi connectivity index (χ0) is 34.1. The molecule has 0 radical (unpaired) electrons. The van der Waals surface area contributed by atoms with Crippen molar-refractivity contribution < 1.29 is 9.90 Å². The number of benzene rings is 5. The van der Waals surface area contributed by atoms with Crippen LogP contribution in [0.4, 0.5) is 0 Å². The Morgan fingerprint density at radius 1 is 0.800 bits per heavy atom. The lowest BCUT2D eigenvalue weighted by atomic mass is 9.77. The van der Waals surface area contributed by atoms with E-state index in [2.05, 4.69) is 56.4 Å². The fraction of sp³-hybridized carbons (Fsp3) is 0.0732. The van der Waals surface area contributed by atoms with E-state index >= 15 is 0 Å². The number of carbonyl (C=O) groups is 1. The van der Waals surface area contributed by atoms with Crippen molar-refractivity contribution in [2.45, 2.75) is 11.6 Å². The fourth-order valence-corrected chi connectivity index (χ4v) is 6.99. The number of aromatic nitrogens is 5. The van der Waals surface area contributed by atoms with Crippen LogP contribution in [0.3, 0.4) is 0 Å². The first-order chi connectivity index (χ1) is 24.6. The number of imidazole rings is 1. The number of amides is 1. The number of rotatable bonds is 9. The van der Waals surface area contributed by atoms with Gasteiger partial charge in [-0.1, -0.05) is 115 Å². The van der Waals surface area contributed by atoms with Crippen LogP contribution in [-0.2, 0) is 5.54 Å². The largest absolute Gasteiger partial charge is 0.394 e. The molecule has 0 saturated heterocycles. The van der Waals surface area contributed by atoms with Crippen LogP contribution in [-0.4, -0.2) is 42.4 Å². The van der Waals surface area contributed by atoms with Crippen LogP contribution in [0.2, 0.25) is 5.02 Å². The van der Waals surface area contributed by atoms with Gasteiger partial charge in [0.05, 0.1) is 29.2 Å². The second-order valence-corrected chi connectivity index (χ2v) is 12.5. The minimum atomic E-state index is -0.882. The third kappa shape index (κ3) is 5.41. The number of fused-ring (bicyclic) bond motifs is 2. The zero-order valence-electron chi connectivity index (χ0n) is 26.7. The molecule has 0 fully saturated rings. The Morgan fingerprint density at radius 3 is 2.00 bits per heavy atom. The molecule has 3 heterocycles. The third-order valence-electron chi connectivity index (χ3n) is 9.08. The van der Waals surface area contributed by atoms with Gasteiger partial charge in [-0.05, 0) is 58.7 Å². The van der Waals surface area contributed by atoms with Crippen molar-refractivity contribution in [3.63, 3.8) is 0 Å². The maximum atomic E-state index is 13.6. The lowest BCUT2D eigenvalue weighted by Gasteiger charge is -2.37. The molecule has 8 rings (SSSR count). The summed E-state index contributed by atoms with van der Waals surface area (Å²) in [7, 11) is 0. The zero-order valence-corrected chi connectivity index (χ0v) is 27.5.